The van der Waals surface area contributed by atoms with Crippen molar-refractivity contribution in [3.05, 3.63) is 66.0 Å². The number of hydrogen-bond donors (Lipinski definition) is 1. The van der Waals surface area contributed by atoms with Gasteiger partial charge in [0.15, 0.2) is 5.16 Å². The van der Waals surface area contributed by atoms with Crippen molar-refractivity contribution >= 4 is 35.0 Å². The normalized spacial score (nSPS) is 19.6. The average molecular weight is 436 g/mol. The Balaban J connectivity index is 1.63. The topological polar surface area (TPSA) is 91.4 Å². The molecule has 3 aromatic rings. The standard InChI is InChI=1S/C22H21N5O3S/c1-2-11-26-18-10-6-4-8-16(18)22(20(26)29)27(17-9-5-3-7-15(17)12-30-22)19(28)13-31-21-23-14-24-25-21/h3-10,14H,2,11-13H2,1H3,(H,23,24,25)/t22-/m1/s1. The Kier molecular flexibility index (Phi) is 4.99. The molecule has 0 saturated carbocycles. The van der Waals surface area contributed by atoms with Crippen molar-refractivity contribution in [2.75, 3.05) is 22.1 Å². The second kappa shape index (κ2) is 7.82. The van der Waals surface area contributed by atoms with E-state index in [1.807, 2.05) is 55.5 Å². The molecule has 0 fully saturated rings. The van der Waals surface area contributed by atoms with Gasteiger partial charge in [-0.2, -0.15) is 5.10 Å². The summed E-state index contributed by atoms with van der Waals surface area (Å²) in [6.45, 7) is 2.82. The number of benzene rings is 2. The SMILES string of the molecule is CCCN1C(=O)[C@]2(OCc3ccccc3N2C(=O)CSc2ncn[nH]2)c2ccccc21. The average Bonchev–Trinajstić information content (AvgIpc) is 3.40. The molecule has 2 aliphatic heterocycles. The Morgan fingerprint density at radius 3 is 2.74 bits per heavy atom. The number of amides is 2. The van der Waals surface area contributed by atoms with Crippen LogP contribution in [0.5, 0.6) is 0 Å². The van der Waals surface area contributed by atoms with Crippen LogP contribution in [0, 0.1) is 0 Å². The third-order valence-electron chi connectivity index (χ3n) is 5.50. The van der Waals surface area contributed by atoms with Gasteiger partial charge >= 0.3 is 0 Å². The number of nitrogens with zero attached hydrogens (tertiary/aromatic N) is 4. The van der Waals surface area contributed by atoms with Crippen LogP contribution >= 0.6 is 11.8 Å². The number of H-pyrrole nitrogens is 1. The summed E-state index contributed by atoms with van der Waals surface area (Å²) in [5.41, 5.74) is 1.53. The van der Waals surface area contributed by atoms with E-state index in [1.165, 1.54) is 23.0 Å². The lowest BCUT2D eigenvalue weighted by molar-refractivity contribution is -0.152. The molecule has 2 aromatic carbocycles. The van der Waals surface area contributed by atoms with Crippen LogP contribution in [0.4, 0.5) is 11.4 Å². The van der Waals surface area contributed by atoms with Gasteiger partial charge in [0.05, 0.1) is 23.7 Å². The minimum Gasteiger partial charge on any atom is -0.338 e. The molecule has 2 amide bonds. The van der Waals surface area contributed by atoms with Gasteiger partial charge in [-0.05, 0) is 18.6 Å². The lowest BCUT2D eigenvalue weighted by Gasteiger charge is -2.43. The first-order valence-electron chi connectivity index (χ1n) is 10.1. The Bertz CT molecular complexity index is 1140. The van der Waals surface area contributed by atoms with Crippen LogP contribution in [0.15, 0.2) is 60.0 Å². The third kappa shape index (κ3) is 3.03. The number of thioether (sulfide) groups is 1. The van der Waals surface area contributed by atoms with Gasteiger partial charge < -0.3 is 9.64 Å². The number of nitrogens with one attached hydrogen (secondary N) is 1. The van der Waals surface area contributed by atoms with Crippen LogP contribution in [-0.4, -0.2) is 39.3 Å². The van der Waals surface area contributed by atoms with E-state index in [0.29, 0.717) is 23.0 Å². The van der Waals surface area contributed by atoms with Crippen molar-refractivity contribution in [3.63, 3.8) is 0 Å². The monoisotopic (exact) mass is 435 g/mol. The molecule has 9 heteroatoms. The Morgan fingerprint density at radius 2 is 1.97 bits per heavy atom. The number of aromatic amines is 1. The van der Waals surface area contributed by atoms with Gasteiger partial charge in [0, 0.05) is 17.7 Å². The van der Waals surface area contributed by atoms with Crippen LogP contribution in [0.3, 0.4) is 0 Å². The van der Waals surface area contributed by atoms with Crippen molar-refractivity contribution in [1.82, 2.24) is 15.2 Å². The molecule has 0 aliphatic carbocycles. The maximum absolute atomic E-state index is 13.9. The summed E-state index contributed by atoms with van der Waals surface area (Å²) >= 11 is 1.24. The zero-order valence-electron chi connectivity index (χ0n) is 16.9. The number of para-hydroxylation sites is 2. The molecule has 0 saturated heterocycles. The zero-order valence-corrected chi connectivity index (χ0v) is 17.8. The van der Waals surface area contributed by atoms with Crippen molar-refractivity contribution < 1.29 is 14.3 Å². The van der Waals surface area contributed by atoms with E-state index in [-0.39, 0.29) is 24.2 Å². The Labute approximate surface area is 183 Å². The predicted octanol–water partition coefficient (Wildman–Crippen LogP) is 3.07. The first-order chi connectivity index (χ1) is 15.2. The molecule has 1 N–H and O–H groups in total. The molecule has 0 unspecified atom stereocenters. The largest absolute Gasteiger partial charge is 0.338 e. The van der Waals surface area contributed by atoms with Gasteiger partial charge in [-0.15, -0.1) is 0 Å². The number of carbonyl (C=O) groups excluding carboxylic acids is 2. The summed E-state index contributed by atoms with van der Waals surface area (Å²) in [4.78, 5) is 34.8. The second-order valence-electron chi connectivity index (χ2n) is 7.34. The molecule has 1 atom stereocenters. The highest BCUT2D eigenvalue weighted by Gasteiger charge is 2.59. The second-order valence-corrected chi connectivity index (χ2v) is 8.31. The number of aromatic nitrogens is 3. The number of hydrogen-bond acceptors (Lipinski definition) is 6. The first-order valence-corrected chi connectivity index (χ1v) is 11.1. The van der Waals surface area contributed by atoms with Gasteiger partial charge in [-0.3, -0.25) is 19.6 Å². The number of ether oxygens (including phenoxy) is 1. The molecular formula is C22H21N5O3S. The van der Waals surface area contributed by atoms with Crippen LogP contribution in [-0.2, 0) is 26.7 Å². The van der Waals surface area contributed by atoms with E-state index in [4.69, 9.17) is 4.74 Å². The molecule has 2 aliphatic rings. The summed E-state index contributed by atoms with van der Waals surface area (Å²) in [6.07, 6.45) is 2.19. The fourth-order valence-corrected chi connectivity index (χ4v) is 4.87. The highest BCUT2D eigenvalue weighted by Crippen LogP contribution is 2.50. The maximum Gasteiger partial charge on any atom is 0.286 e. The molecule has 158 valence electrons. The zero-order chi connectivity index (χ0) is 21.4. The summed E-state index contributed by atoms with van der Waals surface area (Å²) in [6, 6.07) is 15.1. The summed E-state index contributed by atoms with van der Waals surface area (Å²) in [7, 11) is 0. The molecule has 1 spiro atoms. The van der Waals surface area contributed by atoms with Gasteiger partial charge in [-0.1, -0.05) is 55.1 Å². The molecule has 31 heavy (non-hydrogen) atoms. The van der Waals surface area contributed by atoms with Gasteiger partial charge in [0.1, 0.15) is 6.33 Å². The smallest absolute Gasteiger partial charge is 0.286 e. The number of fused-ring (bicyclic) bond motifs is 3. The molecular weight excluding hydrogens is 414 g/mol. The Morgan fingerprint density at radius 1 is 1.19 bits per heavy atom. The van der Waals surface area contributed by atoms with Crippen LogP contribution in [0.1, 0.15) is 24.5 Å². The van der Waals surface area contributed by atoms with Gasteiger partial charge in [0.25, 0.3) is 11.6 Å². The van der Waals surface area contributed by atoms with E-state index >= 15 is 0 Å². The molecule has 3 heterocycles. The highest BCUT2D eigenvalue weighted by atomic mass is 32.2. The highest BCUT2D eigenvalue weighted by molar-refractivity contribution is 7.99. The van der Waals surface area contributed by atoms with Crippen molar-refractivity contribution in [2.24, 2.45) is 0 Å². The first kappa shape index (κ1) is 19.8. The summed E-state index contributed by atoms with van der Waals surface area (Å²) in [5.74, 6) is -0.393. The molecule has 1 aromatic heterocycles. The van der Waals surface area contributed by atoms with Crippen LogP contribution < -0.4 is 9.80 Å². The third-order valence-corrected chi connectivity index (χ3v) is 6.36. The van der Waals surface area contributed by atoms with E-state index in [1.54, 1.807) is 4.90 Å². The van der Waals surface area contributed by atoms with Crippen molar-refractivity contribution in [2.45, 2.75) is 30.8 Å². The fourth-order valence-electron chi connectivity index (χ4n) is 4.24. The fraction of sp³-hybridized carbons (Fsp3) is 0.273. The molecule has 0 bridgehead atoms. The molecule has 8 nitrogen and oxygen atoms in total. The minimum absolute atomic E-state index is 0.0812. The number of rotatable bonds is 5. The summed E-state index contributed by atoms with van der Waals surface area (Å²) < 4.78 is 6.31. The molecule has 5 rings (SSSR count). The van der Waals surface area contributed by atoms with Gasteiger partial charge in [-0.25, -0.2) is 4.98 Å². The van der Waals surface area contributed by atoms with Crippen molar-refractivity contribution in [3.8, 4) is 0 Å². The number of anilines is 2. The Hall–Kier alpha value is -3.17. The quantitative estimate of drug-likeness (QED) is 0.620. The predicted molar refractivity (Wildman–Crippen MR) is 117 cm³/mol. The minimum atomic E-state index is -1.51. The van der Waals surface area contributed by atoms with Gasteiger partial charge in [0.2, 0.25) is 5.91 Å². The lowest BCUT2D eigenvalue weighted by Crippen LogP contribution is -2.60. The molecule has 0 radical (unpaired) electrons. The lowest BCUT2D eigenvalue weighted by atomic mass is 9.97. The van der Waals surface area contributed by atoms with Crippen LogP contribution in [0.2, 0.25) is 0 Å². The number of carbonyl (C=O) groups is 2. The van der Waals surface area contributed by atoms with Crippen LogP contribution in [0.25, 0.3) is 0 Å². The van der Waals surface area contributed by atoms with E-state index in [0.717, 1.165) is 17.7 Å². The van der Waals surface area contributed by atoms with Crippen molar-refractivity contribution in [1.29, 1.82) is 0 Å². The van der Waals surface area contributed by atoms with E-state index < -0.39 is 5.72 Å². The van der Waals surface area contributed by atoms with E-state index in [2.05, 4.69) is 15.2 Å². The van der Waals surface area contributed by atoms with E-state index in [9.17, 15) is 9.59 Å². The summed E-state index contributed by atoms with van der Waals surface area (Å²) in [5, 5.41) is 7.11. The maximum atomic E-state index is 13.9.